The minimum atomic E-state index is -5.92. The average Bonchev–Trinajstić information content (AvgIpc) is 2.12. The smallest absolute Gasteiger partial charge is 0.241 e. The van der Waals surface area contributed by atoms with E-state index in [1.807, 2.05) is 0 Å². The fourth-order valence-electron chi connectivity index (χ4n) is 0.780. The second-order valence-corrected chi connectivity index (χ2v) is 3.16. The third-order valence-electron chi connectivity index (χ3n) is 1.82. The van der Waals surface area contributed by atoms with Crippen molar-refractivity contribution < 1.29 is 35.1 Å². The highest BCUT2D eigenvalue weighted by Crippen LogP contribution is 2.41. The van der Waals surface area contributed by atoms with Gasteiger partial charge in [0.25, 0.3) is 5.92 Å². The van der Waals surface area contributed by atoms with Gasteiger partial charge < -0.3 is 0 Å². The zero-order chi connectivity index (χ0) is 13.2. The van der Waals surface area contributed by atoms with E-state index in [1.165, 1.54) is 0 Å². The van der Waals surface area contributed by atoms with Gasteiger partial charge in [-0.25, -0.2) is 13.2 Å². The van der Waals surface area contributed by atoms with Gasteiger partial charge in [-0.2, -0.15) is 22.0 Å². The second kappa shape index (κ2) is 4.75. The normalized spacial score (nSPS) is 16.3. The maximum atomic E-state index is 12.6. The molecule has 0 bridgehead atoms. The minimum Gasteiger partial charge on any atom is -0.241 e. The number of rotatable bonds is 5. The quantitative estimate of drug-likeness (QED) is 0.648. The summed E-state index contributed by atoms with van der Waals surface area (Å²) in [5.74, 6) is -9.56. The van der Waals surface area contributed by atoms with Crippen LogP contribution in [0.25, 0.3) is 0 Å². The van der Waals surface area contributed by atoms with E-state index in [0.29, 0.717) is 0 Å². The standard InChI is InChI=1S/C8H9F8/c1-2-5(9)6(10,11)3-4-7(12,13)8(14,15)16/h3,5H,2,4H2,1H3. The fourth-order valence-corrected chi connectivity index (χ4v) is 0.780. The zero-order valence-corrected chi connectivity index (χ0v) is 8.09. The first-order chi connectivity index (χ1) is 6.94. The molecule has 0 rings (SSSR count). The monoisotopic (exact) mass is 257 g/mol. The summed E-state index contributed by atoms with van der Waals surface area (Å²) in [5.41, 5.74) is 0. The molecule has 0 saturated carbocycles. The van der Waals surface area contributed by atoms with Crippen LogP contribution in [0.5, 0.6) is 0 Å². The van der Waals surface area contributed by atoms with E-state index < -0.39 is 43.5 Å². The van der Waals surface area contributed by atoms with Crippen LogP contribution in [0.3, 0.4) is 0 Å². The van der Waals surface area contributed by atoms with Crippen molar-refractivity contribution in [2.75, 3.05) is 0 Å². The molecule has 8 heteroatoms. The minimum absolute atomic E-state index is 0.630. The molecular weight excluding hydrogens is 248 g/mol. The van der Waals surface area contributed by atoms with Gasteiger partial charge in [-0.05, 0) is 6.42 Å². The van der Waals surface area contributed by atoms with Crippen molar-refractivity contribution in [1.82, 2.24) is 0 Å². The van der Waals surface area contributed by atoms with Crippen LogP contribution >= 0.6 is 0 Å². The molecular formula is C8H9F8. The van der Waals surface area contributed by atoms with Crippen LogP contribution in [0, 0.1) is 6.42 Å². The zero-order valence-electron chi connectivity index (χ0n) is 8.09. The SMILES string of the molecule is CCC(F)C(F)(F)[CH]CC(F)(F)C(F)(F)F. The molecule has 0 fully saturated rings. The van der Waals surface area contributed by atoms with Crippen LogP contribution in [0.2, 0.25) is 0 Å². The van der Waals surface area contributed by atoms with Crippen molar-refractivity contribution in [1.29, 1.82) is 0 Å². The van der Waals surface area contributed by atoms with Gasteiger partial charge in [0.2, 0.25) is 0 Å². The molecule has 0 nitrogen and oxygen atoms in total. The molecule has 0 spiro atoms. The number of halogens is 8. The Kier molecular flexibility index (Phi) is 4.58. The Morgan fingerprint density at radius 1 is 1.00 bits per heavy atom. The lowest BCUT2D eigenvalue weighted by atomic mass is 10.0. The highest BCUT2D eigenvalue weighted by atomic mass is 19.4. The summed E-state index contributed by atoms with van der Waals surface area (Å²) >= 11 is 0. The van der Waals surface area contributed by atoms with Gasteiger partial charge in [-0.1, -0.05) is 6.92 Å². The molecule has 0 saturated heterocycles. The molecule has 0 aromatic rings. The molecule has 0 N–H and O–H groups in total. The lowest BCUT2D eigenvalue weighted by Gasteiger charge is -2.23. The Labute approximate surface area is 86.6 Å². The van der Waals surface area contributed by atoms with Crippen molar-refractivity contribution in [3.05, 3.63) is 6.42 Å². The first kappa shape index (κ1) is 15.4. The van der Waals surface area contributed by atoms with Gasteiger partial charge in [0.15, 0.2) is 6.17 Å². The van der Waals surface area contributed by atoms with Crippen molar-refractivity contribution in [3.63, 3.8) is 0 Å². The Bertz CT molecular complexity index is 219. The summed E-state index contributed by atoms with van der Waals surface area (Å²) in [6, 6.07) is 0. The van der Waals surface area contributed by atoms with Crippen LogP contribution in [-0.2, 0) is 0 Å². The van der Waals surface area contributed by atoms with Gasteiger partial charge in [0, 0.05) is 12.8 Å². The summed E-state index contributed by atoms with van der Waals surface area (Å²) in [7, 11) is 0. The van der Waals surface area contributed by atoms with E-state index >= 15 is 0 Å². The van der Waals surface area contributed by atoms with Crippen molar-refractivity contribution in [2.45, 2.75) is 44.0 Å². The Balaban J connectivity index is 4.45. The third-order valence-corrected chi connectivity index (χ3v) is 1.82. The maximum absolute atomic E-state index is 12.6. The van der Waals surface area contributed by atoms with E-state index in [2.05, 4.69) is 0 Å². The summed E-state index contributed by atoms with van der Waals surface area (Å²) in [5, 5.41) is 0. The van der Waals surface area contributed by atoms with E-state index in [-0.39, 0.29) is 0 Å². The molecule has 16 heavy (non-hydrogen) atoms. The van der Waals surface area contributed by atoms with Crippen LogP contribution in [0.1, 0.15) is 19.8 Å². The first-order valence-electron chi connectivity index (χ1n) is 4.25. The summed E-state index contributed by atoms with van der Waals surface area (Å²) in [6.45, 7) is 1.02. The molecule has 0 aliphatic rings. The van der Waals surface area contributed by atoms with Gasteiger partial charge in [0.05, 0.1) is 0 Å². The van der Waals surface area contributed by atoms with E-state index in [9.17, 15) is 35.1 Å². The molecule has 0 aliphatic heterocycles. The second-order valence-electron chi connectivity index (χ2n) is 3.16. The predicted octanol–water partition coefficient (Wildman–Crippen LogP) is 4.16. The molecule has 1 atom stereocenters. The summed E-state index contributed by atoms with van der Waals surface area (Å²) < 4.78 is 96.9. The average molecular weight is 257 g/mol. The van der Waals surface area contributed by atoms with Crippen molar-refractivity contribution in [3.8, 4) is 0 Å². The largest absolute Gasteiger partial charge is 0.453 e. The summed E-state index contributed by atoms with van der Waals surface area (Å²) in [4.78, 5) is 0. The molecule has 0 aliphatic carbocycles. The first-order valence-corrected chi connectivity index (χ1v) is 4.25. The van der Waals surface area contributed by atoms with Crippen LogP contribution in [0.4, 0.5) is 35.1 Å². The maximum Gasteiger partial charge on any atom is 0.453 e. The van der Waals surface area contributed by atoms with E-state index in [1.54, 1.807) is 0 Å². The van der Waals surface area contributed by atoms with Crippen LogP contribution in [-0.4, -0.2) is 24.2 Å². The van der Waals surface area contributed by atoms with Gasteiger partial charge in [-0.15, -0.1) is 0 Å². The molecule has 1 unspecified atom stereocenters. The van der Waals surface area contributed by atoms with E-state index in [0.717, 1.165) is 6.92 Å². The van der Waals surface area contributed by atoms with Crippen LogP contribution in [0.15, 0.2) is 0 Å². The van der Waals surface area contributed by atoms with Crippen molar-refractivity contribution >= 4 is 0 Å². The molecule has 0 amide bonds. The Morgan fingerprint density at radius 2 is 1.44 bits per heavy atom. The van der Waals surface area contributed by atoms with Gasteiger partial charge >= 0.3 is 12.1 Å². The number of alkyl halides is 8. The Morgan fingerprint density at radius 3 is 1.75 bits per heavy atom. The topological polar surface area (TPSA) is 0 Å². The lowest BCUT2D eigenvalue weighted by Crippen LogP contribution is -2.40. The molecule has 0 aromatic carbocycles. The van der Waals surface area contributed by atoms with Crippen molar-refractivity contribution in [2.24, 2.45) is 0 Å². The third kappa shape index (κ3) is 3.79. The summed E-state index contributed by atoms with van der Waals surface area (Å²) in [6.07, 6.45) is -12.2. The highest BCUT2D eigenvalue weighted by Gasteiger charge is 2.58. The molecule has 97 valence electrons. The van der Waals surface area contributed by atoms with Crippen LogP contribution < -0.4 is 0 Å². The highest BCUT2D eigenvalue weighted by molar-refractivity contribution is 4.95. The number of hydrogen-bond acceptors (Lipinski definition) is 0. The molecule has 1 radical (unpaired) electrons. The number of hydrogen-bond donors (Lipinski definition) is 0. The predicted molar refractivity (Wildman–Crippen MR) is 40.1 cm³/mol. The fraction of sp³-hybridized carbons (Fsp3) is 0.875. The molecule has 0 heterocycles. The molecule has 0 aromatic heterocycles. The van der Waals surface area contributed by atoms with Gasteiger partial charge in [0.1, 0.15) is 0 Å². The van der Waals surface area contributed by atoms with Gasteiger partial charge in [-0.3, -0.25) is 0 Å². The lowest BCUT2D eigenvalue weighted by molar-refractivity contribution is -0.283. The van der Waals surface area contributed by atoms with E-state index in [4.69, 9.17) is 0 Å². The Hall–Kier alpha value is -0.560.